The number of nitrogens with one attached hydrogen (secondary N) is 2. The van der Waals surface area contributed by atoms with Crippen molar-refractivity contribution in [1.82, 2.24) is 20.4 Å². The van der Waals surface area contributed by atoms with Gasteiger partial charge in [0.25, 0.3) is 0 Å². The van der Waals surface area contributed by atoms with Gasteiger partial charge < -0.3 is 10.2 Å². The minimum Gasteiger partial charge on any atom is -0.342 e. The summed E-state index contributed by atoms with van der Waals surface area (Å²) in [6.07, 6.45) is 3.85. The number of hydrogen-bond acceptors (Lipinski definition) is 3. The molecule has 100 valence electrons. The van der Waals surface area contributed by atoms with Crippen LogP contribution in [0.1, 0.15) is 31.4 Å². The lowest BCUT2D eigenvalue weighted by Gasteiger charge is -2.33. The number of nitrogens with zero attached hydrogens (tertiary/aromatic N) is 2. The van der Waals surface area contributed by atoms with Crippen LogP contribution in [0, 0.1) is 5.92 Å². The summed E-state index contributed by atoms with van der Waals surface area (Å²) < 4.78 is 0. The number of H-pyrrole nitrogens is 1. The van der Waals surface area contributed by atoms with E-state index in [0.29, 0.717) is 5.92 Å². The number of likely N-dealkylation sites (tertiary alicyclic amines) is 1. The number of carbonyl (C=O) groups excluding carboxylic acids is 1. The van der Waals surface area contributed by atoms with Crippen LogP contribution in [0.25, 0.3) is 0 Å². The van der Waals surface area contributed by atoms with Crippen LogP contribution < -0.4 is 5.32 Å². The Balaban J connectivity index is 1.85. The Morgan fingerprint density at radius 3 is 2.89 bits per heavy atom. The van der Waals surface area contributed by atoms with Crippen LogP contribution in [0.5, 0.6) is 0 Å². The van der Waals surface area contributed by atoms with Crippen LogP contribution in [0.4, 0.5) is 0 Å². The van der Waals surface area contributed by atoms with Crippen molar-refractivity contribution in [2.75, 3.05) is 26.7 Å². The van der Waals surface area contributed by atoms with Crippen LogP contribution in [0.3, 0.4) is 0 Å². The van der Waals surface area contributed by atoms with E-state index < -0.39 is 0 Å². The number of rotatable bonds is 4. The molecule has 1 aliphatic heterocycles. The summed E-state index contributed by atoms with van der Waals surface area (Å²) in [4.78, 5) is 14.1. The molecule has 0 bridgehead atoms. The SMILES string of the molecule is CNCC(C)C(=O)N1CCC(c2ccn[nH]2)CC1. The largest absolute Gasteiger partial charge is 0.342 e. The molecule has 1 saturated heterocycles. The lowest BCUT2D eigenvalue weighted by Crippen LogP contribution is -2.42. The van der Waals surface area contributed by atoms with E-state index >= 15 is 0 Å². The molecule has 1 aromatic heterocycles. The summed E-state index contributed by atoms with van der Waals surface area (Å²) >= 11 is 0. The average molecular weight is 250 g/mol. The van der Waals surface area contributed by atoms with Crippen molar-refractivity contribution in [2.45, 2.75) is 25.7 Å². The molecule has 1 aromatic rings. The number of carbonyl (C=O) groups is 1. The maximum Gasteiger partial charge on any atom is 0.226 e. The van der Waals surface area contributed by atoms with Gasteiger partial charge in [0.05, 0.1) is 0 Å². The second-order valence-corrected chi connectivity index (χ2v) is 5.07. The van der Waals surface area contributed by atoms with Crippen molar-refractivity contribution >= 4 is 5.91 Å². The molecule has 0 aliphatic carbocycles. The van der Waals surface area contributed by atoms with Gasteiger partial charge in [-0.3, -0.25) is 9.89 Å². The highest BCUT2D eigenvalue weighted by atomic mass is 16.2. The molecule has 1 unspecified atom stereocenters. The van der Waals surface area contributed by atoms with Crippen molar-refractivity contribution in [1.29, 1.82) is 0 Å². The molecule has 0 radical (unpaired) electrons. The summed E-state index contributed by atoms with van der Waals surface area (Å²) in [5.41, 5.74) is 1.20. The second kappa shape index (κ2) is 6.00. The first-order valence-electron chi connectivity index (χ1n) is 6.65. The molecular formula is C13H22N4O. The monoisotopic (exact) mass is 250 g/mol. The third-order valence-electron chi connectivity index (χ3n) is 3.70. The fraction of sp³-hybridized carbons (Fsp3) is 0.692. The first kappa shape index (κ1) is 13.1. The maximum absolute atomic E-state index is 12.1. The zero-order valence-corrected chi connectivity index (χ0v) is 11.1. The highest BCUT2D eigenvalue weighted by molar-refractivity contribution is 5.78. The van der Waals surface area contributed by atoms with Gasteiger partial charge in [-0.25, -0.2) is 0 Å². The fourth-order valence-corrected chi connectivity index (χ4v) is 2.61. The van der Waals surface area contributed by atoms with E-state index in [1.165, 1.54) is 5.69 Å². The van der Waals surface area contributed by atoms with Gasteiger partial charge in [0, 0.05) is 43.4 Å². The molecule has 1 amide bonds. The molecule has 5 heteroatoms. The smallest absolute Gasteiger partial charge is 0.226 e. The molecule has 1 fully saturated rings. The van der Waals surface area contributed by atoms with Crippen LogP contribution in [-0.2, 0) is 4.79 Å². The molecule has 1 aliphatic rings. The number of amides is 1. The van der Waals surface area contributed by atoms with E-state index in [2.05, 4.69) is 15.5 Å². The Morgan fingerprint density at radius 1 is 1.61 bits per heavy atom. The number of piperidine rings is 1. The van der Waals surface area contributed by atoms with E-state index in [4.69, 9.17) is 0 Å². The first-order chi connectivity index (χ1) is 8.72. The molecule has 0 spiro atoms. The van der Waals surface area contributed by atoms with Crippen molar-refractivity contribution < 1.29 is 4.79 Å². The topological polar surface area (TPSA) is 61.0 Å². The average Bonchev–Trinajstić information content (AvgIpc) is 2.92. The van der Waals surface area contributed by atoms with E-state index in [0.717, 1.165) is 32.5 Å². The third-order valence-corrected chi connectivity index (χ3v) is 3.70. The molecule has 2 N–H and O–H groups in total. The predicted molar refractivity (Wildman–Crippen MR) is 70.2 cm³/mol. The molecule has 2 heterocycles. The molecule has 1 atom stereocenters. The quantitative estimate of drug-likeness (QED) is 0.837. The van der Waals surface area contributed by atoms with Crippen molar-refractivity contribution in [3.8, 4) is 0 Å². The van der Waals surface area contributed by atoms with Gasteiger partial charge >= 0.3 is 0 Å². The van der Waals surface area contributed by atoms with Crippen LogP contribution in [-0.4, -0.2) is 47.7 Å². The predicted octanol–water partition coefficient (Wildman–Crippen LogP) is 0.971. The van der Waals surface area contributed by atoms with Gasteiger partial charge in [-0.2, -0.15) is 5.10 Å². The summed E-state index contributed by atoms with van der Waals surface area (Å²) in [5, 5.41) is 10.1. The van der Waals surface area contributed by atoms with E-state index in [1.807, 2.05) is 24.9 Å². The Hall–Kier alpha value is -1.36. The summed E-state index contributed by atoms with van der Waals surface area (Å²) in [6, 6.07) is 2.03. The lowest BCUT2D eigenvalue weighted by atomic mass is 9.93. The minimum atomic E-state index is 0.0682. The lowest BCUT2D eigenvalue weighted by molar-refractivity contribution is -0.135. The van der Waals surface area contributed by atoms with Gasteiger partial charge in [0.2, 0.25) is 5.91 Å². The number of aromatic amines is 1. The fourth-order valence-electron chi connectivity index (χ4n) is 2.61. The maximum atomic E-state index is 12.1. The zero-order valence-electron chi connectivity index (χ0n) is 11.1. The second-order valence-electron chi connectivity index (χ2n) is 5.07. The van der Waals surface area contributed by atoms with Gasteiger partial charge in [0.1, 0.15) is 0 Å². The van der Waals surface area contributed by atoms with Gasteiger partial charge in [0.15, 0.2) is 0 Å². The van der Waals surface area contributed by atoms with Crippen LogP contribution in [0.2, 0.25) is 0 Å². The molecule has 0 saturated carbocycles. The minimum absolute atomic E-state index is 0.0682. The van der Waals surface area contributed by atoms with E-state index in [1.54, 1.807) is 6.20 Å². The molecule has 0 aromatic carbocycles. The zero-order chi connectivity index (χ0) is 13.0. The van der Waals surface area contributed by atoms with Crippen LogP contribution >= 0.6 is 0 Å². The summed E-state index contributed by atoms with van der Waals surface area (Å²) in [7, 11) is 1.88. The van der Waals surface area contributed by atoms with Gasteiger partial charge in [-0.05, 0) is 26.0 Å². The normalized spacial score (nSPS) is 18.9. The van der Waals surface area contributed by atoms with Gasteiger partial charge in [-0.15, -0.1) is 0 Å². The Kier molecular flexibility index (Phi) is 4.36. The standard InChI is InChI=1S/C13H22N4O/c1-10(9-14-2)13(18)17-7-4-11(5-8-17)12-3-6-15-16-12/h3,6,10-11,14H,4-5,7-9H2,1-2H3,(H,15,16). The van der Waals surface area contributed by atoms with Crippen molar-refractivity contribution in [3.05, 3.63) is 18.0 Å². The Labute approximate surface area is 108 Å². The van der Waals surface area contributed by atoms with Crippen molar-refractivity contribution in [2.24, 2.45) is 5.92 Å². The van der Waals surface area contributed by atoms with Crippen molar-refractivity contribution in [3.63, 3.8) is 0 Å². The highest BCUT2D eigenvalue weighted by Crippen LogP contribution is 2.26. The number of hydrogen-bond donors (Lipinski definition) is 2. The first-order valence-corrected chi connectivity index (χ1v) is 6.65. The molecule has 2 rings (SSSR count). The van der Waals surface area contributed by atoms with E-state index in [-0.39, 0.29) is 11.8 Å². The van der Waals surface area contributed by atoms with Gasteiger partial charge in [-0.1, -0.05) is 6.92 Å². The molecule has 18 heavy (non-hydrogen) atoms. The van der Waals surface area contributed by atoms with Crippen LogP contribution in [0.15, 0.2) is 12.3 Å². The summed E-state index contributed by atoms with van der Waals surface area (Å²) in [5.74, 6) is 0.863. The number of aromatic nitrogens is 2. The molecular weight excluding hydrogens is 228 g/mol. The molecule has 5 nitrogen and oxygen atoms in total. The Morgan fingerprint density at radius 2 is 2.33 bits per heavy atom. The Bertz CT molecular complexity index is 368. The van der Waals surface area contributed by atoms with E-state index in [9.17, 15) is 4.79 Å². The third kappa shape index (κ3) is 2.90. The summed E-state index contributed by atoms with van der Waals surface area (Å²) in [6.45, 7) is 4.45. The highest BCUT2D eigenvalue weighted by Gasteiger charge is 2.26.